The summed E-state index contributed by atoms with van der Waals surface area (Å²) in [6.45, 7) is 0.916. The first-order chi connectivity index (χ1) is 11.7. The van der Waals surface area contributed by atoms with Gasteiger partial charge in [0.15, 0.2) is 6.61 Å². The molecule has 1 amide bonds. The summed E-state index contributed by atoms with van der Waals surface area (Å²) in [7, 11) is 0. The van der Waals surface area contributed by atoms with Gasteiger partial charge >= 0.3 is 5.97 Å². The predicted octanol–water partition coefficient (Wildman–Crippen LogP) is 2.55. The second-order valence-corrected chi connectivity index (χ2v) is 5.50. The molecule has 0 fully saturated rings. The average molecular weight is 322 g/mol. The number of benzene rings is 1. The number of carbonyl (C=O) groups is 2. The molecule has 0 radical (unpaired) electrons. The van der Waals surface area contributed by atoms with Crippen molar-refractivity contribution in [3.8, 4) is 0 Å². The van der Waals surface area contributed by atoms with Crippen LogP contribution in [-0.2, 0) is 9.53 Å². The SMILES string of the molecule is O=C(OCC(=O)N1CC=C(c2ccccc2)CC1)c1cccnc1. The lowest BCUT2D eigenvalue weighted by atomic mass is 10.00. The van der Waals surface area contributed by atoms with Crippen LogP contribution in [0.2, 0.25) is 0 Å². The summed E-state index contributed by atoms with van der Waals surface area (Å²) in [5, 5.41) is 0. The van der Waals surface area contributed by atoms with Gasteiger partial charge in [-0.1, -0.05) is 36.4 Å². The Morgan fingerprint density at radius 2 is 1.96 bits per heavy atom. The summed E-state index contributed by atoms with van der Waals surface area (Å²) in [6.07, 6.45) is 5.85. The van der Waals surface area contributed by atoms with Gasteiger partial charge in [-0.15, -0.1) is 0 Å². The Hall–Kier alpha value is -2.95. The zero-order valence-corrected chi connectivity index (χ0v) is 13.2. The number of hydrogen-bond acceptors (Lipinski definition) is 4. The van der Waals surface area contributed by atoms with Crippen molar-refractivity contribution in [3.63, 3.8) is 0 Å². The van der Waals surface area contributed by atoms with Crippen molar-refractivity contribution in [2.24, 2.45) is 0 Å². The van der Waals surface area contributed by atoms with Crippen LogP contribution in [0.3, 0.4) is 0 Å². The number of ether oxygens (including phenoxy) is 1. The van der Waals surface area contributed by atoms with Gasteiger partial charge in [-0.05, 0) is 29.7 Å². The molecule has 0 atom stereocenters. The molecule has 1 aromatic carbocycles. The molecule has 24 heavy (non-hydrogen) atoms. The Labute approximate surface area is 140 Å². The van der Waals surface area contributed by atoms with E-state index in [4.69, 9.17) is 4.74 Å². The molecule has 5 nitrogen and oxygen atoms in total. The van der Waals surface area contributed by atoms with E-state index in [0.29, 0.717) is 18.7 Å². The molecule has 1 aliphatic heterocycles. The van der Waals surface area contributed by atoms with Crippen molar-refractivity contribution >= 4 is 17.4 Å². The van der Waals surface area contributed by atoms with E-state index in [0.717, 1.165) is 6.42 Å². The number of aromatic nitrogens is 1. The molecule has 0 spiro atoms. The van der Waals surface area contributed by atoms with Crippen molar-refractivity contribution in [1.82, 2.24) is 9.88 Å². The third kappa shape index (κ3) is 3.87. The lowest BCUT2D eigenvalue weighted by Gasteiger charge is -2.26. The Bertz CT molecular complexity index is 742. The maximum Gasteiger partial charge on any atom is 0.340 e. The van der Waals surface area contributed by atoms with Crippen LogP contribution in [0.25, 0.3) is 5.57 Å². The zero-order valence-electron chi connectivity index (χ0n) is 13.2. The summed E-state index contributed by atoms with van der Waals surface area (Å²) in [5.41, 5.74) is 2.77. The molecule has 0 unspecified atom stereocenters. The fraction of sp³-hybridized carbons (Fsp3) is 0.211. The van der Waals surface area contributed by atoms with Crippen LogP contribution in [0.15, 0.2) is 60.9 Å². The molecule has 2 aromatic rings. The first-order valence-corrected chi connectivity index (χ1v) is 7.83. The van der Waals surface area contributed by atoms with E-state index >= 15 is 0 Å². The molecule has 0 N–H and O–H groups in total. The lowest BCUT2D eigenvalue weighted by Crippen LogP contribution is -2.37. The summed E-state index contributed by atoms with van der Waals surface area (Å²) in [4.78, 5) is 29.6. The highest BCUT2D eigenvalue weighted by atomic mass is 16.5. The zero-order chi connectivity index (χ0) is 16.8. The van der Waals surface area contributed by atoms with E-state index in [1.54, 1.807) is 23.2 Å². The summed E-state index contributed by atoms with van der Waals surface area (Å²) < 4.78 is 5.06. The second-order valence-electron chi connectivity index (χ2n) is 5.50. The van der Waals surface area contributed by atoms with E-state index in [-0.39, 0.29) is 12.5 Å². The molecule has 0 bridgehead atoms. The van der Waals surface area contributed by atoms with Gasteiger partial charge in [-0.3, -0.25) is 9.78 Å². The van der Waals surface area contributed by atoms with Gasteiger partial charge in [0.2, 0.25) is 0 Å². The lowest BCUT2D eigenvalue weighted by molar-refractivity contribution is -0.134. The summed E-state index contributed by atoms with van der Waals surface area (Å²) in [5.74, 6) is -0.718. The van der Waals surface area contributed by atoms with Crippen molar-refractivity contribution in [3.05, 3.63) is 72.1 Å². The Morgan fingerprint density at radius 1 is 1.12 bits per heavy atom. The first-order valence-electron chi connectivity index (χ1n) is 7.83. The van der Waals surface area contributed by atoms with Crippen LogP contribution < -0.4 is 0 Å². The third-order valence-corrected chi connectivity index (χ3v) is 3.93. The fourth-order valence-electron chi connectivity index (χ4n) is 2.60. The molecule has 1 aliphatic rings. The van der Waals surface area contributed by atoms with E-state index in [9.17, 15) is 9.59 Å². The quantitative estimate of drug-likeness (QED) is 0.812. The van der Waals surface area contributed by atoms with Crippen LogP contribution in [-0.4, -0.2) is 41.5 Å². The predicted molar refractivity (Wildman–Crippen MR) is 90.1 cm³/mol. The molecule has 5 heteroatoms. The smallest absolute Gasteiger partial charge is 0.340 e. The topological polar surface area (TPSA) is 59.5 Å². The minimum atomic E-state index is -0.533. The molecular weight excluding hydrogens is 304 g/mol. The summed E-state index contributed by atoms with van der Waals surface area (Å²) in [6, 6.07) is 13.4. The molecule has 2 heterocycles. The maximum absolute atomic E-state index is 12.2. The minimum absolute atomic E-state index is 0.185. The van der Waals surface area contributed by atoms with Gasteiger partial charge < -0.3 is 9.64 Å². The monoisotopic (exact) mass is 322 g/mol. The van der Waals surface area contributed by atoms with Crippen molar-refractivity contribution < 1.29 is 14.3 Å². The van der Waals surface area contributed by atoms with Gasteiger partial charge in [0.25, 0.3) is 5.91 Å². The molecule has 3 rings (SSSR count). The minimum Gasteiger partial charge on any atom is -0.452 e. The average Bonchev–Trinajstić information content (AvgIpc) is 2.67. The normalized spacial score (nSPS) is 14.0. The van der Waals surface area contributed by atoms with Crippen LogP contribution >= 0.6 is 0 Å². The van der Waals surface area contributed by atoms with Gasteiger partial charge in [0, 0.05) is 25.5 Å². The van der Waals surface area contributed by atoms with Crippen molar-refractivity contribution in [1.29, 1.82) is 0 Å². The standard InChI is InChI=1S/C19H18N2O3/c22-18(14-24-19(23)17-7-4-10-20-13-17)21-11-8-16(9-12-21)15-5-2-1-3-6-15/h1-8,10,13H,9,11-12,14H2. The van der Waals surface area contributed by atoms with Crippen LogP contribution in [0, 0.1) is 0 Å². The molecule has 0 saturated carbocycles. The molecule has 0 saturated heterocycles. The highest BCUT2D eigenvalue weighted by Gasteiger charge is 2.19. The van der Waals surface area contributed by atoms with Crippen molar-refractivity contribution in [2.45, 2.75) is 6.42 Å². The van der Waals surface area contributed by atoms with Crippen LogP contribution in [0.4, 0.5) is 0 Å². The number of esters is 1. The van der Waals surface area contributed by atoms with Gasteiger partial charge in [0.05, 0.1) is 5.56 Å². The van der Waals surface area contributed by atoms with Crippen molar-refractivity contribution in [2.75, 3.05) is 19.7 Å². The third-order valence-electron chi connectivity index (χ3n) is 3.93. The first kappa shape index (κ1) is 15.9. The van der Waals surface area contributed by atoms with Gasteiger partial charge in [0.1, 0.15) is 0 Å². The Kier molecular flexibility index (Phi) is 5.01. The number of rotatable bonds is 4. The largest absolute Gasteiger partial charge is 0.452 e. The Balaban J connectivity index is 1.52. The van der Waals surface area contributed by atoms with E-state index < -0.39 is 5.97 Å². The van der Waals surface area contributed by atoms with Crippen LogP contribution in [0.5, 0.6) is 0 Å². The summed E-state index contributed by atoms with van der Waals surface area (Å²) >= 11 is 0. The van der Waals surface area contributed by atoms with Gasteiger partial charge in [-0.2, -0.15) is 0 Å². The van der Waals surface area contributed by atoms with Crippen LogP contribution in [0.1, 0.15) is 22.3 Å². The Morgan fingerprint density at radius 3 is 2.62 bits per heavy atom. The van der Waals surface area contributed by atoms with E-state index in [1.165, 1.54) is 17.3 Å². The fourth-order valence-corrected chi connectivity index (χ4v) is 2.60. The molecule has 122 valence electrons. The number of hydrogen-bond donors (Lipinski definition) is 0. The van der Waals surface area contributed by atoms with Gasteiger partial charge in [-0.25, -0.2) is 4.79 Å². The molecule has 1 aromatic heterocycles. The highest BCUT2D eigenvalue weighted by Crippen LogP contribution is 2.21. The maximum atomic E-state index is 12.2. The number of nitrogens with zero attached hydrogens (tertiary/aromatic N) is 2. The second kappa shape index (κ2) is 7.55. The number of amides is 1. The van der Waals surface area contributed by atoms with E-state index in [2.05, 4.69) is 23.2 Å². The number of carbonyl (C=O) groups excluding carboxylic acids is 2. The molecule has 0 aliphatic carbocycles. The van der Waals surface area contributed by atoms with E-state index in [1.807, 2.05) is 18.2 Å². The number of pyridine rings is 1. The highest BCUT2D eigenvalue weighted by molar-refractivity contribution is 5.91. The molecular formula is C19H18N2O3.